The Kier molecular flexibility index (Phi) is 4.40. The van der Waals surface area contributed by atoms with Crippen molar-refractivity contribution in [3.63, 3.8) is 0 Å². The third kappa shape index (κ3) is 4.31. The molecule has 1 rings (SSSR count). The van der Waals surface area contributed by atoms with Crippen LogP contribution in [0.5, 0.6) is 0 Å². The molecule has 5 heteroatoms. The van der Waals surface area contributed by atoms with Crippen LogP contribution in [0.25, 0.3) is 0 Å². The van der Waals surface area contributed by atoms with Gasteiger partial charge < -0.3 is 11.1 Å². The van der Waals surface area contributed by atoms with E-state index >= 15 is 0 Å². The number of nitrogens with one attached hydrogen (secondary N) is 1. The molecule has 0 heterocycles. The van der Waals surface area contributed by atoms with E-state index in [0.717, 1.165) is 12.1 Å². The molecule has 0 spiro atoms. The molecule has 0 aliphatic rings. The van der Waals surface area contributed by atoms with Crippen LogP contribution in [0.3, 0.4) is 0 Å². The summed E-state index contributed by atoms with van der Waals surface area (Å²) < 4.78 is 37.9. The summed E-state index contributed by atoms with van der Waals surface area (Å²) in [5.41, 5.74) is 5.33. The maximum absolute atomic E-state index is 12.6. The predicted molar refractivity (Wildman–Crippen MR) is 66.1 cm³/mol. The van der Waals surface area contributed by atoms with Crippen molar-refractivity contribution >= 4 is 0 Å². The summed E-state index contributed by atoms with van der Waals surface area (Å²) in [6.45, 7) is 6.09. The first kappa shape index (κ1) is 15.0. The van der Waals surface area contributed by atoms with Gasteiger partial charge in [-0.05, 0) is 38.5 Å². The highest BCUT2D eigenvalue weighted by Gasteiger charge is 2.31. The Morgan fingerprint density at radius 2 is 1.83 bits per heavy atom. The molecular weight excluding hydrogens is 241 g/mol. The van der Waals surface area contributed by atoms with Gasteiger partial charge >= 0.3 is 6.18 Å². The SMILES string of the molecule is CC(C)(C)NC(CN)c1cccc(C(F)(F)F)c1. The molecule has 102 valence electrons. The molecule has 3 N–H and O–H groups in total. The van der Waals surface area contributed by atoms with Crippen LogP contribution in [0.4, 0.5) is 13.2 Å². The van der Waals surface area contributed by atoms with Gasteiger partial charge in [-0.1, -0.05) is 12.1 Å². The van der Waals surface area contributed by atoms with Gasteiger partial charge in [0.25, 0.3) is 0 Å². The van der Waals surface area contributed by atoms with E-state index < -0.39 is 11.7 Å². The summed E-state index contributed by atoms with van der Waals surface area (Å²) in [4.78, 5) is 0. The van der Waals surface area contributed by atoms with Gasteiger partial charge in [-0.25, -0.2) is 0 Å². The van der Waals surface area contributed by atoms with E-state index in [2.05, 4.69) is 5.32 Å². The Hall–Kier alpha value is -1.07. The van der Waals surface area contributed by atoms with Crippen LogP contribution in [-0.4, -0.2) is 12.1 Å². The molecule has 0 aliphatic carbocycles. The van der Waals surface area contributed by atoms with Crippen LogP contribution in [0.15, 0.2) is 24.3 Å². The number of nitrogens with two attached hydrogens (primary N) is 1. The zero-order valence-electron chi connectivity index (χ0n) is 10.8. The van der Waals surface area contributed by atoms with E-state index in [9.17, 15) is 13.2 Å². The fourth-order valence-electron chi connectivity index (χ4n) is 1.73. The van der Waals surface area contributed by atoms with Crippen LogP contribution in [0.2, 0.25) is 0 Å². The number of hydrogen-bond acceptors (Lipinski definition) is 2. The number of halogens is 3. The molecule has 18 heavy (non-hydrogen) atoms. The highest BCUT2D eigenvalue weighted by atomic mass is 19.4. The fraction of sp³-hybridized carbons (Fsp3) is 0.538. The molecule has 1 unspecified atom stereocenters. The molecule has 1 aromatic rings. The summed E-state index contributed by atoms with van der Waals surface area (Å²) in [6.07, 6.45) is -4.32. The lowest BCUT2D eigenvalue weighted by molar-refractivity contribution is -0.137. The van der Waals surface area contributed by atoms with Crippen LogP contribution in [0, 0.1) is 0 Å². The van der Waals surface area contributed by atoms with Crippen molar-refractivity contribution in [1.29, 1.82) is 0 Å². The minimum Gasteiger partial charge on any atom is -0.329 e. The Morgan fingerprint density at radius 3 is 2.28 bits per heavy atom. The van der Waals surface area contributed by atoms with E-state index in [-0.39, 0.29) is 18.1 Å². The highest BCUT2D eigenvalue weighted by Crippen LogP contribution is 2.30. The summed E-state index contributed by atoms with van der Waals surface area (Å²) in [5, 5.41) is 3.21. The van der Waals surface area contributed by atoms with Crippen molar-refractivity contribution in [3.05, 3.63) is 35.4 Å². The van der Waals surface area contributed by atoms with Gasteiger partial charge in [-0.2, -0.15) is 13.2 Å². The minimum absolute atomic E-state index is 0.210. The first-order valence-corrected chi connectivity index (χ1v) is 5.78. The molecule has 1 atom stereocenters. The monoisotopic (exact) mass is 260 g/mol. The van der Waals surface area contributed by atoms with Crippen LogP contribution >= 0.6 is 0 Å². The van der Waals surface area contributed by atoms with Gasteiger partial charge in [0, 0.05) is 18.1 Å². The Labute approximate surface area is 105 Å². The predicted octanol–water partition coefficient (Wildman–Crippen LogP) is 3.09. The van der Waals surface area contributed by atoms with Crippen molar-refractivity contribution in [3.8, 4) is 0 Å². The maximum atomic E-state index is 12.6. The molecule has 0 aliphatic heterocycles. The minimum atomic E-state index is -4.32. The largest absolute Gasteiger partial charge is 0.416 e. The summed E-state index contributed by atoms with van der Waals surface area (Å²) in [6, 6.07) is 4.99. The zero-order valence-corrected chi connectivity index (χ0v) is 10.8. The molecule has 0 aromatic heterocycles. The van der Waals surface area contributed by atoms with Crippen LogP contribution < -0.4 is 11.1 Å². The molecular formula is C13H19F3N2. The average Bonchev–Trinajstić information content (AvgIpc) is 2.23. The normalized spacial score (nSPS) is 14.6. The van der Waals surface area contributed by atoms with Crippen molar-refractivity contribution in [1.82, 2.24) is 5.32 Å². The van der Waals surface area contributed by atoms with E-state index in [0.29, 0.717) is 5.56 Å². The zero-order chi connectivity index (χ0) is 14.0. The van der Waals surface area contributed by atoms with Crippen molar-refractivity contribution in [2.75, 3.05) is 6.54 Å². The Balaban J connectivity index is 3.00. The van der Waals surface area contributed by atoms with Gasteiger partial charge in [-0.3, -0.25) is 0 Å². The molecule has 0 bridgehead atoms. The first-order chi connectivity index (χ1) is 8.13. The van der Waals surface area contributed by atoms with Gasteiger partial charge in [0.1, 0.15) is 0 Å². The molecule has 1 aromatic carbocycles. The molecule has 2 nitrogen and oxygen atoms in total. The standard InChI is InChI=1S/C13H19F3N2/c1-12(2,3)18-11(8-17)9-5-4-6-10(7-9)13(14,15)16/h4-7,11,18H,8,17H2,1-3H3. The molecule has 0 fully saturated rings. The van der Waals surface area contributed by atoms with Gasteiger partial charge in [-0.15, -0.1) is 0 Å². The van der Waals surface area contributed by atoms with Crippen molar-refractivity contribution in [2.24, 2.45) is 5.73 Å². The number of hydrogen-bond donors (Lipinski definition) is 2. The molecule has 0 amide bonds. The summed E-state index contributed by atoms with van der Waals surface area (Å²) in [7, 11) is 0. The van der Waals surface area contributed by atoms with Crippen molar-refractivity contribution in [2.45, 2.75) is 38.5 Å². The smallest absolute Gasteiger partial charge is 0.329 e. The molecule has 0 saturated carbocycles. The van der Waals surface area contributed by atoms with Gasteiger partial charge in [0.15, 0.2) is 0 Å². The lowest BCUT2D eigenvalue weighted by atomic mass is 10.00. The van der Waals surface area contributed by atoms with Gasteiger partial charge in [0.05, 0.1) is 5.56 Å². The van der Waals surface area contributed by atoms with Crippen LogP contribution in [0.1, 0.15) is 37.9 Å². The second-order valence-electron chi connectivity index (χ2n) is 5.31. The third-order valence-corrected chi connectivity index (χ3v) is 2.46. The van der Waals surface area contributed by atoms with Crippen molar-refractivity contribution < 1.29 is 13.2 Å². The lowest BCUT2D eigenvalue weighted by Crippen LogP contribution is -2.41. The second kappa shape index (κ2) is 5.28. The molecule has 0 saturated heterocycles. The lowest BCUT2D eigenvalue weighted by Gasteiger charge is -2.28. The summed E-state index contributed by atoms with van der Waals surface area (Å²) in [5.74, 6) is 0. The Morgan fingerprint density at radius 1 is 1.22 bits per heavy atom. The third-order valence-electron chi connectivity index (χ3n) is 2.46. The number of rotatable bonds is 3. The van der Waals surface area contributed by atoms with E-state index in [1.807, 2.05) is 20.8 Å². The second-order valence-corrected chi connectivity index (χ2v) is 5.31. The van der Waals surface area contributed by atoms with Crippen LogP contribution in [-0.2, 0) is 6.18 Å². The maximum Gasteiger partial charge on any atom is 0.416 e. The van der Waals surface area contributed by atoms with E-state index in [4.69, 9.17) is 5.73 Å². The number of benzene rings is 1. The van der Waals surface area contributed by atoms with E-state index in [1.54, 1.807) is 6.07 Å². The topological polar surface area (TPSA) is 38.0 Å². The first-order valence-electron chi connectivity index (χ1n) is 5.78. The summed E-state index contributed by atoms with van der Waals surface area (Å²) >= 11 is 0. The Bertz CT molecular complexity index is 394. The fourth-order valence-corrected chi connectivity index (χ4v) is 1.73. The average molecular weight is 260 g/mol. The van der Waals surface area contributed by atoms with E-state index in [1.165, 1.54) is 6.07 Å². The molecule has 0 radical (unpaired) electrons. The van der Waals surface area contributed by atoms with Gasteiger partial charge in [0.2, 0.25) is 0 Å². The number of alkyl halides is 3. The highest BCUT2D eigenvalue weighted by molar-refractivity contribution is 5.28. The quantitative estimate of drug-likeness (QED) is 0.876.